The lowest BCUT2D eigenvalue weighted by molar-refractivity contribution is 0.252. The fourth-order valence-corrected chi connectivity index (χ4v) is 4.76. The quantitative estimate of drug-likeness (QED) is 0.753. The van der Waals surface area contributed by atoms with Crippen molar-refractivity contribution in [2.24, 2.45) is 11.8 Å². The van der Waals surface area contributed by atoms with Crippen molar-refractivity contribution in [2.45, 2.75) is 58.9 Å². The van der Waals surface area contributed by atoms with Crippen LogP contribution in [0.1, 0.15) is 52.9 Å². The van der Waals surface area contributed by atoms with Crippen LogP contribution in [0.5, 0.6) is 0 Å². The Bertz CT molecular complexity index is 390. The molecule has 1 atom stereocenters. The van der Waals surface area contributed by atoms with Gasteiger partial charge in [-0.25, -0.2) is 0 Å². The zero-order chi connectivity index (χ0) is 14.0. The lowest BCUT2D eigenvalue weighted by atomic mass is 10.0. The SMILES string of the molecule is CC(C)CCN(C1CC1)S(=O)(=O)N1CCC[C@H](C)C1. The number of piperidine rings is 1. The summed E-state index contributed by atoms with van der Waals surface area (Å²) in [6.07, 6.45) is 5.20. The topological polar surface area (TPSA) is 40.6 Å². The van der Waals surface area contributed by atoms with Gasteiger partial charge in [0.15, 0.2) is 0 Å². The monoisotopic (exact) mass is 288 g/mol. The van der Waals surface area contributed by atoms with Crippen molar-refractivity contribution in [1.29, 1.82) is 0 Å². The molecule has 1 saturated heterocycles. The van der Waals surface area contributed by atoms with Crippen molar-refractivity contribution < 1.29 is 8.42 Å². The fourth-order valence-electron chi connectivity index (χ4n) is 2.74. The minimum Gasteiger partial charge on any atom is -0.195 e. The van der Waals surface area contributed by atoms with Gasteiger partial charge < -0.3 is 0 Å². The highest BCUT2D eigenvalue weighted by Gasteiger charge is 2.40. The Balaban J connectivity index is 2.05. The van der Waals surface area contributed by atoms with Crippen LogP contribution < -0.4 is 0 Å². The van der Waals surface area contributed by atoms with Crippen LogP contribution in [0.3, 0.4) is 0 Å². The molecular weight excluding hydrogens is 260 g/mol. The van der Waals surface area contributed by atoms with Crippen LogP contribution in [0.25, 0.3) is 0 Å². The van der Waals surface area contributed by atoms with Gasteiger partial charge in [0.1, 0.15) is 0 Å². The zero-order valence-electron chi connectivity index (χ0n) is 12.5. The molecule has 2 rings (SSSR count). The summed E-state index contributed by atoms with van der Waals surface area (Å²) in [6.45, 7) is 8.55. The van der Waals surface area contributed by atoms with E-state index in [-0.39, 0.29) is 6.04 Å². The molecule has 4 nitrogen and oxygen atoms in total. The van der Waals surface area contributed by atoms with Crippen LogP contribution >= 0.6 is 0 Å². The van der Waals surface area contributed by atoms with Crippen molar-refractivity contribution in [3.05, 3.63) is 0 Å². The summed E-state index contributed by atoms with van der Waals surface area (Å²) < 4.78 is 29.1. The van der Waals surface area contributed by atoms with Crippen molar-refractivity contribution in [3.63, 3.8) is 0 Å². The summed E-state index contributed by atoms with van der Waals surface area (Å²) >= 11 is 0. The van der Waals surface area contributed by atoms with Gasteiger partial charge in [-0.15, -0.1) is 0 Å². The number of rotatable bonds is 6. The third-order valence-electron chi connectivity index (χ3n) is 4.12. The molecule has 0 aromatic rings. The molecule has 0 radical (unpaired) electrons. The second-order valence-corrected chi connectivity index (χ2v) is 8.52. The highest BCUT2D eigenvalue weighted by molar-refractivity contribution is 7.86. The van der Waals surface area contributed by atoms with Crippen LogP contribution in [0, 0.1) is 11.8 Å². The summed E-state index contributed by atoms with van der Waals surface area (Å²) in [6, 6.07) is 0.279. The summed E-state index contributed by atoms with van der Waals surface area (Å²) in [5.74, 6) is 1.05. The predicted octanol–water partition coefficient (Wildman–Crippen LogP) is 2.47. The third-order valence-corrected chi connectivity index (χ3v) is 6.18. The molecule has 19 heavy (non-hydrogen) atoms. The summed E-state index contributed by atoms with van der Waals surface area (Å²) in [5.41, 5.74) is 0. The second kappa shape index (κ2) is 6.10. The van der Waals surface area contributed by atoms with Crippen LogP contribution in [0.4, 0.5) is 0 Å². The molecular formula is C14H28N2O2S. The number of hydrogen-bond acceptors (Lipinski definition) is 2. The van der Waals surface area contributed by atoms with E-state index in [1.165, 1.54) is 0 Å². The van der Waals surface area contributed by atoms with E-state index in [0.717, 1.165) is 32.1 Å². The highest BCUT2D eigenvalue weighted by Crippen LogP contribution is 2.32. The first-order valence-corrected chi connectivity index (χ1v) is 9.08. The maximum absolute atomic E-state index is 12.8. The van der Waals surface area contributed by atoms with Gasteiger partial charge in [0.05, 0.1) is 0 Å². The van der Waals surface area contributed by atoms with Crippen LogP contribution in [0.2, 0.25) is 0 Å². The van der Waals surface area contributed by atoms with Gasteiger partial charge in [0, 0.05) is 25.7 Å². The number of nitrogens with zero attached hydrogens (tertiary/aromatic N) is 2. The van der Waals surface area contributed by atoms with Crippen molar-refractivity contribution in [3.8, 4) is 0 Å². The molecule has 2 aliphatic rings. The summed E-state index contributed by atoms with van der Waals surface area (Å²) in [5, 5.41) is 0. The minimum absolute atomic E-state index is 0.279. The van der Waals surface area contributed by atoms with Crippen LogP contribution in [-0.4, -0.2) is 42.7 Å². The smallest absolute Gasteiger partial charge is 0.195 e. The fraction of sp³-hybridized carbons (Fsp3) is 1.00. The number of hydrogen-bond donors (Lipinski definition) is 0. The van der Waals surface area contributed by atoms with Gasteiger partial charge >= 0.3 is 0 Å². The van der Waals surface area contributed by atoms with E-state index in [2.05, 4.69) is 20.8 Å². The molecule has 0 unspecified atom stereocenters. The normalized spacial score (nSPS) is 26.3. The van der Waals surface area contributed by atoms with E-state index < -0.39 is 10.2 Å². The van der Waals surface area contributed by atoms with Gasteiger partial charge in [-0.3, -0.25) is 0 Å². The molecule has 0 N–H and O–H groups in total. The second-order valence-electron chi connectivity index (χ2n) is 6.64. The van der Waals surface area contributed by atoms with Crippen molar-refractivity contribution >= 4 is 10.2 Å². The molecule has 0 bridgehead atoms. The maximum atomic E-state index is 12.8. The molecule has 5 heteroatoms. The van der Waals surface area contributed by atoms with E-state index in [0.29, 0.717) is 31.5 Å². The molecule has 1 heterocycles. The minimum atomic E-state index is -3.22. The van der Waals surface area contributed by atoms with Gasteiger partial charge in [0.2, 0.25) is 0 Å². The Kier molecular flexibility index (Phi) is 4.90. The van der Waals surface area contributed by atoms with Crippen LogP contribution in [-0.2, 0) is 10.2 Å². The predicted molar refractivity (Wildman–Crippen MR) is 78.1 cm³/mol. The van der Waals surface area contributed by atoms with E-state index in [1.54, 1.807) is 8.61 Å². The first-order valence-electron chi connectivity index (χ1n) is 7.68. The molecule has 1 aliphatic heterocycles. The largest absolute Gasteiger partial charge is 0.282 e. The molecule has 2 fully saturated rings. The Labute approximate surface area is 118 Å². The van der Waals surface area contributed by atoms with Crippen molar-refractivity contribution in [1.82, 2.24) is 8.61 Å². The third kappa shape index (κ3) is 3.92. The van der Waals surface area contributed by atoms with Gasteiger partial charge in [-0.05, 0) is 43.9 Å². The Hall–Kier alpha value is -0.130. The zero-order valence-corrected chi connectivity index (χ0v) is 13.3. The Morgan fingerprint density at radius 3 is 2.47 bits per heavy atom. The highest BCUT2D eigenvalue weighted by atomic mass is 32.2. The van der Waals surface area contributed by atoms with Gasteiger partial charge in [-0.2, -0.15) is 17.0 Å². The van der Waals surface area contributed by atoms with E-state index >= 15 is 0 Å². The molecule has 1 aliphatic carbocycles. The average Bonchev–Trinajstić information content (AvgIpc) is 3.13. The summed E-state index contributed by atoms with van der Waals surface area (Å²) in [4.78, 5) is 0. The average molecular weight is 288 g/mol. The lowest BCUT2D eigenvalue weighted by Crippen LogP contribution is -2.48. The maximum Gasteiger partial charge on any atom is 0.282 e. The molecule has 0 aromatic carbocycles. The molecule has 0 aromatic heterocycles. The molecule has 112 valence electrons. The molecule has 0 amide bonds. The van der Waals surface area contributed by atoms with Gasteiger partial charge in [-0.1, -0.05) is 20.8 Å². The molecule has 1 saturated carbocycles. The standard InChI is InChI=1S/C14H28N2O2S/c1-12(2)8-10-16(14-6-7-14)19(17,18)15-9-4-5-13(3)11-15/h12-14H,4-11H2,1-3H3/t13-/m0/s1. The Morgan fingerprint density at radius 2 is 1.95 bits per heavy atom. The van der Waals surface area contributed by atoms with E-state index in [1.807, 2.05) is 0 Å². The van der Waals surface area contributed by atoms with Crippen molar-refractivity contribution in [2.75, 3.05) is 19.6 Å². The van der Waals surface area contributed by atoms with Crippen LogP contribution in [0.15, 0.2) is 0 Å². The Morgan fingerprint density at radius 1 is 1.26 bits per heavy atom. The molecule has 0 spiro atoms. The summed E-state index contributed by atoms with van der Waals surface area (Å²) in [7, 11) is -3.22. The first-order chi connectivity index (χ1) is 8.91. The van der Waals surface area contributed by atoms with E-state index in [9.17, 15) is 8.42 Å². The first kappa shape index (κ1) is 15.3. The lowest BCUT2D eigenvalue weighted by Gasteiger charge is -2.34. The van der Waals surface area contributed by atoms with Gasteiger partial charge in [0.25, 0.3) is 10.2 Å². The van der Waals surface area contributed by atoms with E-state index in [4.69, 9.17) is 0 Å².